The fraction of sp³-hybridized carbons (Fsp3) is 0.600. The van der Waals surface area contributed by atoms with Gasteiger partial charge in [-0.25, -0.2) is 4.79 Å². The van der Waals surface area contributed by atoms with Crippen LogP contribution in [0.5, 0.6) is 0 Å². The highest BCUT2D eigenvalue weighted by Crippen LogP contribution is 2.33. The number of anilines is 1. The summed E-state index contributed by atoms with van der Waals surface area (Å²) in [6.45, 7) is 4.78. The van der Waals surface area contributed by atoms with E-state index >= 15 is 0 Å². The molecule has 8 nitrogen and oxygen atoms in total. The number of thiophene rings is 1. The van der Waals surface area contributed by atoms with E-state index in [4.69, 9.17) is 9.47 Å². The molecule has 2 amide bonds. The predicted octanol–water partition coefficient (Wildman–Crippen LogP) is 2.72. The molecule has 0 unspecified atom stereocenters. The van der Waals surface area contributed by atoms with Crippen molar-refractivity contribution in [1.82, 2.24) is 5.32 Å². The molecule has 1 fully saturated rings. The van der Waals surface area contributed by atoms with Crippen molar-refractivity contribution in [1.29, 1.82) is 0 Å². The third kappa shape index (κ3) is 6.56. The van der Waals surface area contributed by atoms with Crippen molar-refractivity contribution >= 4 is 40.1 Å². The van der Waals surface area contributed by atoms with Crippen LogP contribution in [0.1, 0.15) is 59.8 Å². The summed E-state index contributed by atoms with van der Waals surface area (Å²) >= 11 is 1.26. The van der Waals surface area contributed by atoms with Crippen molar-refractivity contribution < 1.29 is 28.7 Å². The fourth-order valence-corrected chi connectivity index (χ4v) is 4.26. The van der Waals surface area contributed by atoms with Gasteiger partial charge in [0.1, 0.15) is 11.5 Å². The Bertz CT molecular complexity index is 767. The number of hydrogen-bond acceptors (Lipinski definition) is 7. The summed E-state index contributed by atoms with van der Waals surface area (Å²) in [6.07, 6.45) is 4.87. The summed E-state index contributed by atoms with van der Waals surface area (Å²) in [4.78, 5) is 49.0. The average Bonchev–Trinajstić information content (AvgIpc) is 2.98. The first-order valence-corrected chi connectivity index (χ1v) is 10.6. The number of esters is 2. The molecule has 0 aliphatic heterocycles. The van der Waals surface area contributed by atoms with Crippen LogP contribution in [0.3, 0.4) is 0 Å². The lowest BCUT2D eigenvalue weighted by atomic mass is 9.89. The van der Waals surface area contributed by atoms with Crippen LogP contribution in [0.4, 0.5) is 5.00 Å². The van der Waals surface area contributed by atoms with Crippen LogP contribution in [0.15, 0.2) is 0 Å². The number of carbonyl (C=O) groups excluding carboxylic acids is 4. The van der Waals surface area contributed by atoms with Gasteiger partial charge in [-0.05, 0) is 39.2 Å². The molecule has 0 aromatic carbocycles. The zero-order valence-corrected chi connectivity index (χ0v) is 17.9. The quantitative estimate of drug-likeness (QED) is 0.621. The number of hydrogen-bond donors (Lipinski definition) is 2. The van der Waals surface area contributed by atoms with E-state index in [1.807, 2.05) is 6.92 Å². The summed E-state index contributed by atoms with van der Waals surface area (Å²) in [5.74, 6) is -1.95. The second kappa shape index (κ2) is 10.9. The van der Waals surface area contributed by atoms with E-state index in [2.05, 4.69) is 10.6 Å². The van der Waals surface area contributed by atoms with E-state index in [0.29, 0.717) is 10.6 Å². The van der Waals surface area contributed by atoms with Crippen molar-refractivity contribution in [2.75, 3.05) is 25.1 Å². The van der Waals surface area contributed by atoms with Gasteiger partial charge in [-0.2, -0.15) is 0 Å². The zero-order valence-electron chi connectivity index (χ0n) is 17.1. The van der Waals surface area contributed by atoms with Crippen molar-refractivity contribution in [3.8, 4) is 0 Å². The lowest BCUT2D eigenvalue weighted by Gasteiger charge is -2.20. The molecule has 1 aliphatic carbocycles. The largest absolute Gasteiger partial charge is 0.462 e. The minimum Gasteiger partial charge on any atom is -0.462 e. The third-order valence-corrected chi connectivity index (χ3v) is 5.99. The number of amides is 2. The standard InChI is InChI=1S/C20H28N2O6S/c1-4-27-20(26)17-12(2)13(3)29-19(17)22-15(23)11-28-16(24)10-21-18(25)14-8-6-5-7-9-14/h14H,4-11H2,1-3H3,(H,21,25)(H,22,23). The highest BCUT2D eigenvalue weighted by molar-refractivity contribution is 7.16. The first kappa shape index (κ1) is 22.9. The first-order valence-electron chi connectivity index (χ1n) is 9.83. The maximum absolute atomic E-state index is 12.1. The molecule has 1 aromatic rings. The summed E-state index contributed by atoms with van der Waals surface area (Å²) in [7, 11) is 0. The van der Waals surface area contributed by atoms with Gasteiger partial charge < -0.3 is 20.1 Å². The summed E-state index contributed by atoms with van der Waals surface area (Å²) in [5.41, 5.74) is 1.06. The number of carbonyl (C=O) groups is 4. The van der Waals surface area contributed by atoms with Gasteiger partial charge in [-0.1, -0.05) is 19.3 Å². The maximum Gasteiger partial charge on any atom is 0.341 e. The van der Waals surface area contributed by atoms with Gasteiger partial charge in [0.15, 0.2) is 6.61 Å². The van der Waals surface area contributed by atoms with E-state index in [-0.39, 0.29) is 25.0 Å². The molecule has 2 rings (SSSR count). The van der Waals surface area contributed by atoms with Gasteiger partial charge in [-0.15, -0.1) is 11.3 Å². The molecule has 0 radical (unpaired) electrons. The smallest absolute Gasteiger partial charge is 0.341 e. The molecule has 160 valence electrons. The topological polar surface area (TPSA) is 111 Å². The van der Waals surface area contributed by atoms with Gasteiger partial charge in [-0.3, -0.25) is 14.4 Å². The molecule has 2 N–H and O–H groups in total. The van der Waals surface area contributed by atoms with Gasteiger partial charge in [0.05, 0.1) is 12.2 Å². The van der Waals surface area contributed by atoms with Crippen LogP contribution < -0.4 is 10.6 Å². The summed E-state index contributed by atoms with van der Waals surface area (Å²) in [5, 5.41) is 5.53. The Labute approximate surface area is 174 Å². The van der Waals surface area contributed by atoms with Crippen molar-refractivity contribution in [3.63, 3.8) is 0 Å². The normalized spacial score (nSPS) is 14.2. The Morgan fingerprint density at radius 2 is 1.76 bits per heavy atom. The number of aryl methyl sites for hydroxylation is 1. The molecule has 1 aliphatic rings. The minimum absolute atomic E-state index is 0.0496. The van der Waals surface area contributed by atoms with Crippen LogP contribution in [-0.4, -0.2) is 43.5 Å². The first-order chi connectivity index (χ1) is 13.8. The van der Waals surface area contributed by atoms with Crippen molar-refractivity contribution in [2.24, 2.45) is 5.92 Å². The average molecular weight is 425 g/mol. The van der Waals surface area contributed by atoms with E-state index in [1.165, 1.54) is 11.3 Å². The lowest BCUT2D eigenvalue weighted by Crippen LogP contribution is -2.36. The Kier molecular flexibility index (Phi) is 8.63. The Morgan fingerprint density at radius 3 is 2.41 bits per heavy atom. The molecular formula is C20H28N2O6S. The zero-order chi connectivity index (χ0) is 21.4. The van der Waals surface area contributed by atoms with Crippen LogP contribution in [0, 0.1) is 19.8 Å². The molecule has 0 saturated heterocycles. The highest BCUT2D eigenvalue weighted by Gasteiger charge is 2.23. The molecule has 1 heterocycles. The van der Waals surface area contributed by atoms with Gasteiger partial charge >= 0.3 is 11.9 Å². The summed E-state index contributed by atoms with van der Waals surface area (Å²) in [6, 6.07) is 0. The lowest BCUT2D eigenvalue weighted by molar-refractivity contribution is -0.147. The van der Waals surface area contributed by atoms with Crippen molar-refractivity contribution in [2.45, 2.75) is 52.9 Å². The molecule has 9 heteroatoms. The van der Waals surface area contributed by atoms with Crippen molar-refractivity contribution in [3.05, 3.63) is 16.0 Å². The third-order valence-electron chi connectivity index (χ3n) is 4.86. The number of nitrogens with one attached hydrogen (secondary N) is 2. The SMILES string of the molecule is CCOC(=O)c1c(NC(=O)COC(=O)CNC(=O)C2CCCCC2)sc(C)c1C. The summed E-state index contributed by atoms with van der Waals surface area (Å²) < 4.78 is 9.96. The molecule has 0 spiro atoms. The number of ether oxygens (including phenoxy) is 2. The predicted molar refractivity (Wildman–Crippen MR) is 109 cm³/mol. The maximum atomic E-state index is 12.1. The molecule has 29 heavy (non-hydrogen) atoms. The monoisotopic (exact) mass is 424 g/mol. The van der Waals surface area contributed by atoms with E-state index in [0.717, 1.165) is 42.5 Å². The Morgan fingerprint density at radius 1 is 1.07 bits per heavy atom. The number of rotatable bonds is 8. The molecular weight excluding hydrogens is 396 g/mol. The Hall–Kier alpha value is -2.42. The highest BCUT2D eigenvalue weighted by atomic mass is 32.1. The van der Waals surface area contributed by atoms with Crippen LogP contribution >= 0.6 is 11.3 Å². The van der Waals surface area contributed by atoms with Crippen LogP contribution in [-0.2, 0) is 23.9 Å². The van der Waals surface area contributed by atoms with E-state index in [1.54, 1.807) is 13.8 Å². The van der Waals surface area contributed by atoms with E-state index in [9.17, 15) is 19.2 Å². The van der Waals surface area contributed by atoms with Gasteiger partial charge in [0.25, 0.3) is 5.91 Å². The van der Waals surface area contributed by atoms with Gasteiger partial charge in [0, 0.05) is 10.8 Å². The van der Waals surface area contributed by atoms with E-state index < -0.39 is 24.5 Å². The van der Waals surface area contributed by atoms with Gasteiger partial charge in [0.2, 0.25) is 5.91 Å². The fourth-order valence-electron chi connectivity index (χ4n) is 3.19. The van der Waals surface area contributed by atoms with Crippen LogP contribution in [0.2, 0.25) is 0 Å². The van der Waals surface area contributed by atoms with Crippen LogP contribution in [0.25, 0.3) is 0 Å². The molecule has 1 aromatic heterocycles. The molecule has 1 saturated carbocycles. The minimum atomic E-state index is -0.687. The second-order valence-electron chi connectivity index (χ2n) is 6.97. The molecule has 0 atom stereocenters. The molecule has 0 bridgehead atoms. The Balaban J connectivity index is 1.81. The second-order valence-corrected chi connectivity index (χ2v) is 8.19.